The number of hydrogen-bond acceptors (Lipinski definition) is 6. The van der Waals surface area contributed by atoms with Crippen LogP contribution in [0.4, 0.5) is 0 Å². The number of carboxylic acid groups (broad SMARTS) is 1. The Balaban J connectivity index is 1.49. The molecule has 0 aliphatic carbocycles. The van der Waals surface area contributed by atoms with Gasteiger partial charge in [-0.05, 0) is 29.2 Å². The molecule has 4 heterocycles. The van der Waals surface area contributed by atoms with Gasteiger partial charge >= 0.3 is 5.97 Å². The number of carbonyl (C=O) groups excluding carboxylic acids is 2. The largest absolute Gasteiger partial charge is 0.477 e. The fourth-order valence-corrected chi connectivity index (χ4v) is 5.39. The van der Waals surface area contributed by atoms with Gasteiger partial charge in [-0.2, -0.15) is 0 Å². The lowest BCUT2D eigenvalue weighted by Crippen LogP contribution is -2.70. The maximum absolute atomic E-state index is 12.6. The van der Waals surface area contributed by atoms with E-state index in [-0.39, 0.29) is 23.9 Å². The Kier molecular flexibility index (Phi) is 5.19. The predicted octanol–water partition coefficient (Wildman–Crippen LogP) is 1.67. The third-order valence-electron chi connectivity index (χ3n) is 4.60. The molecule has 7 nitrogen and oxygen atoms in total. The number of carboxylic acids is 1. The van der Waals surface area contributed by atoms with Gasteiger partial charge in [-0.3, -0.25) is 19.5 Å². The van der Waals surface area contributed by atoms with Gasteiger partial charge in [0.1, 0.15) is 17.1 Å². The van der Waals surface area contributed by atoms with Gasteiger partial charge in [0.15, 0.2) is 0 Å². The van der Waals surface area contributed by atoms with Crippen LogP contribution in [0.25, 0.3) is 0 Å². The molecule has 0 bridgehead atoms. The van der Waals surface area contributed by atoms with Gasteiger partial charge in [-0.25, -0.2) is 4.79 Å². The molecule has 1 fully saturated rings. The zero-order valence-electron chi connectivity index (χ0n) is 14.7. The van der Waals surface area contributed by atoms with Gasteiger partial charge in [-0.1, -0.05) is 12.1 Å². The van der Waals surface area contributed by atoms with Crippen molar-refractivity contribution >= 4 is 40.9 Å². The normalized spacial score (nSPS) is 21.1. The second-order valence-electron chi connectivity index (χ2n) is 6.47. The Bertz CT molecular complexity index is 943. The topological polar surface area (TPSA) is 99.6 Å². The maximum atomic E-state index is 12.6. The highest BCUT2D eigenvalue weighted by molar-refractivity contribution is 8.00. The summed E-state index contributed by atoms with van der Waals surface area (Å²) in [5.41, 5.74) is 1.43. The van der Waals surface area contributed by atoms with Crippen LogP contribution in [0.1, 0.15) is 10.6 Å². The molecule has 0 aromatic carbocycles. The van der Waals surface area contributed by atoms with Gasteiger partial charge in [-0.15, -0.1) is 23.1 Å². The van der Waals surface area contributed by atoms with Crippen LogP contribution in [0.3, 0.4) is 0 Å². The van der Waals surface area contributed by atoms with Crippen LogP contribution in [0, 0.1) is 0 Å². The molecule has 1 unspecified atom stereocenters. The molecule has 0 spiro atoms. The Morgan fingerprint density at radius 1 is 1.29 bits per heavy atom. The molecule has 28 heavy (non-hydrogen) atoms. The first kappa shape index (κ1) is 18.7. The number of thioether (sulfide) groups is 1. The average molecular weight is 415 g/mol. The number of fused-ring (bicyclic) bond motifs is 1. The van der Waals surface area contributed by atoms with Crippen molar-refractivity contribution in [2.24, 2.45) is 0 Å². The highest BCUT2D eigenvalue weighted by Crippen LogP contribution is 2.41. The van der Waals surface area contributed by atoms with Crippen LogP contribution in [-0.4, -0.2) is 49.9 Å². The summed E-state index contributed by atoms with van der Waals surface area (Å²) < 4.78 is 0. The van der Waals surface area contributed by atoms with E-state index < -0.39 is 17.4 Å². The smallest absolute Gasteiger partial charge is 0.352 e. The van der Waals surface area contributed by atoms with E-state index in [0.717, 1.165) is 10.6 Å². The third kappa shape index (κ3) is 3.55. The van der Waals surface area contributed by atoms with Crippen molar-refractivity contribution in [2.45, 2.75) is 24.3 Å². The first-order valence-electron chi connectivity index (χ1n) is 8.66. The Morgan fingerprint density at radius 2 is 2.14 bits per heavy atom. The number of pyridine rings is 1. The summed E-state index contributed by atoms with van der Waals surface area (Å²) >= 11 is 2.95. The van der Waals surface area contributed by atoms with Gasteiger partial charge in [0.05, 0.1) is 6.42 Å². The van der Waals surface area contributed by atoms with Gasteiger partial charge < -0.3 is 10.4 Å². The lowest BCUT2D eigenvalue weighted by molar-refractivity contribution is -0.150. The molecule has 2 amide bonds. The minimum Gasteiger partial charge on any atom is -0.477 e. The monoisotopic (exact) mass is 415 g/mol. The highest BCUT2D eigenvalue weighted by Gasteiger charge is 2.54. The second kappa shape index (κ2) is 7.76. The van der Waals surface area contributed by atoms with Crippen molar-refractivity contribution in [3.05, 3.63) is 63.7 Å². The molecule has 144 valence electrons. The summed E-state index contributed by atoms with van der Waals surface area (Å²) in [6.45, 7) is 0. The molecule has 0 saturated carbocycles. The van der Waals surface area contributed by atoms with E-state index in [1.165, 1.54) is 28.0 Å². The van der Waals surface area contributed by atoms with E-state index in [2.05, 4.69) is 10.3 Å². The number of nitrogens with one attached hydrogen (secondary N) is 1. The molecular formula is C19H17N3O4S2. The minimum atomic E-state index is -1.13. The minimum absolute atomic E-state index is 0.0168. The molecule has 2 aliphatic rings. The first-order valence-corrected chi connectivity index (χ1v) is 10.6. The van der Waals surface area contributed by atoms with Crippen LogP contribution in [0.5, 0.6) is 0 Å². The molecule has 0 radical (unpaired) electrons. The fraction of sp³-hybridized carbons (Fsp3) is 0.263. The summed E-state index contributed by atoms with van der Waals surface area (Å²) in [5, 5.41) is 14.0. The van der Waals surface area contributed by atoms with Gasteiger partial charge in [0, 0.05) is 28.9 Å². The van der Waals surface area contributed by atoms with E-state index in [9.17, 15) is 19.5 Å². The molecule has 2 aromatic heterocycles. The van der Waals surface area contributed by atoms with Crippen molar-refractivity contribution in [2.75, 3.05) is 5.75 Å². The molecular weight excluding hydrogens is 398 g/mol. The molecule has 4 rings (SSSR count). The van der Waals surface area contributed by atoms with E-state index >= 15 is 0 Å². The summed E-state index contributed by atoms with van der Waals surface area (Å²) in [7, 11) is 0. The number of aliphatic carboxylic acids is 1. The van der Waals surface area contributed by atoms with E-state index in [4.69, 9.17) is 0 Å². The Hall–Kier alpha value is -2.65. The number of hydrogen-bond donors (Lipinski definition) is 2. The number of carbonyl (C=O) groups is 3. The molecule has 1 saturated heterocycles. The van der Waals surface area contributed by atoms with E-state index in [1.54, 1.807) is 12.3 Å². The molecule has 2 aromatic rings. The average Bonchev–Trinajstić information content (AvgIpc) is 3.19. The van der Waals surface area contributed by atoms with Crippen LogP contribution in [0.15, 0.2) is 53.2 Å². The number of aromatic nitrogens is 1. The SMILES string of the molecule is O=C(Cc1cccs1)NC1C(=O)N2C(C(=O)O)=C(Cc3ccccn3)CS[C@H]12. The van der Waals surface area contributed by atoms with Crippen molar-refractivity contribution in [3.63, 3.8) is 0 Å². The molecule has 2 N–H and O–H groups in total. The molecule has 2 aliphatic heterocycles. The zero-order valence-corrected chi connectivity index (χ0v) is 16.3. The van der Waals surface area contributed by atoms with E-state index in [1.807, 2.05) is 29.6 Å². The van der Waals surface area contributed by atoms with Crippen LogP contribution in [0.2, 0.25) is 0 Å². The number of rotatable bonds is 6. The number of thiophene rings is 1. The zero-order chi connectivity index (χ0) is 19.7. The predicted molar refractivity (Wildman–Crippen MR) is 106 cm³/mol. The van der Waals surface area contributed by atoms with Crippen molar-refractivity contribution in [3.8, 4) is 0 Å². The van der Waals surface area contributed by atoms with Crippen LogP contribution >= 0.6 is 23.1 Å². The van der Waals surface area contributed by atoms with Gasteiger partial charge in [0.25, 0.3) is 5.91 Å². The number of amides is 2. The quantitative estimate of drug-likeness (QED) is 0.697. The standard InChI is InChI=1S/C19H17N3O4S2/c23-14(9-13-5-3-7-27-13)21-15-17(24)22-16(19(25)26)11(10-28-18(15)22)8-12-4-1-2-6-20-12/h1-7,15,18H,8-10H2,(H,21,23)(H,25,26)/t15?,18-/m1/s1. The van der Waals surface area contributed by atoms with Crippen molar-refractivity contribution in [1.29, 1.82) is 0 Å². The lowest BCUT2D eigenvalue weighted by atomic mass is 10.0. The summed E-state index contributed by atoms with van der Waals surface area (Å²) in [4.78, 5) is 43.2. The summed E-state index contributed by atoms with van der Waals surface area (Å²) in [5.74, 6) is -1.27. The maximum Gasteiger partial charge on any atom is 0.352 e. The van der Waals surface area contributed by atoms with Crippen molar-refractivity contribution in [1.82, 2.24) is 15.2 Å². The van der Waals surface area contributed by atoms with E-state index in [0.29, 0.717) is 17.7 Å². The fourth-order valence-electron chi connectivity index (χ4n) is 3.34. The number of β-lactam (4-membered cyclic amide) rings is 1. The molecule has 2 atom stereocenters. The summed E-state index contributed by atoms with van der Waals surface area (Å²) in [6.07, 6.45) is 2.25. The number of nitrogens with zero attached hydrogens (tertiary/aromatic N) is 2. The molecule has 9 heteroatoms. The second-order valence-corrected chi connectivity index (χ2v) is 8.60. The van der Waals surface area contributed by atoms with Crippen LogP contribution in [-0.2, 0) is 27.2 Å². The van der Waals surface area contributed by atoms with Crippen molar-refractivity contribution < 1.29 is 19.5 Å². The lowest BCUT2D eigenvalue weighted by Gasteiger charge is -2.49. The van der Waals surface area contributed by atoms with Crippen LogP contribution < -0.4 is 5.32 Å². The highest BCUT2D eigenvalue weighted by atomic mass is 32.2. The Labute approximate surface area is 169 Å². The Morgan fingerprint density at radius 3 is 2.82 bits per heavy atom. The summed E-state index contributed by atoms with van der Waals surface area (Å²) in [6, 6.07) is 8.51. The first-order chi connectivity index (χ1) is 13.5. The van der Waals surface area contributed by atoms with Gasteiger partial charge in [0.2, 0.25) is 5.91 Å². The third-order valence-corrected chi connectivity index (χ3v) is 6.82.